The smallest absolute Gasteiger partial charge is 0.335 e. The summed E-state index contributed by atoms with van der Waals surface area (Å²) < 4.78 is 6.52. The average Bonchev–Trinajstić information content (AvgIpc) is 2.34. The molecule has 0 saturated carbocycles. The minimum absolute atomic E-state index is 0.175. The van der Waals surface area contributed by atoms with Gasteiger partial charge in [0.25, 0.3) is 0 Å². The van der Waals surface area contributed by atoms with Gasteiger partial charge in [0.2, 0.25) is 0 Å². The zero-order chi connectivity index (χ0) is 14.0. The molecular weight excluding hydrogens is 332 g/mol. The van der Waals surface area contributed by atoms with Crippen LogP contribution in [0.25, 0.3) is 0 Å². The molecule has 0 radical (unpaired) electrons. The lowest BCUT2D eigenvalue weighted by atomic mass is 10.1. The fourth-order valence-electron chi connectivity index (χ4n) is 1.52. The van der Waals surface area contributed by atoms with Gasteiger partial charge in [0, 0.05) is 4.47 Å². The number of carboxylic acids is 1. The lowest BCUT2D eigenvalue weighted by molar-refractivity contribution is 0.0696. The maximum atomic E-state index is 10.9. The van der Waals surface area contributed by atoms with Gasteiger partial charge in [-0.15, -0.1) is 0 Å². The van der Waals surface area contributed by atoms with Crippen molar-refractivity contribution < 1.29 is 14.6 Å². The zero-order valence-corrected chi connectivity index (χ0v) is 12.3. The molecule has 98 valence electrons. The second kappa shape index (κ2) is 5.63. The number of rotatable bonds is 3. The second-order valence-electron chi connectivity index (χ2n) is 3.96. The first-order chi connectivity index (χ1) is 8.97. The number of ether oxygens (including phenoxy) is 1. The highest BCUT2D eigenvalue weighted by Crippen LogP contribution is 2.33. The highest BCUT2D eigenvalue weighted by molar-refractivity contribution is 9.10. The third-order valence-electron chi connectivity index (χ3n) is 2.55. The van der Waals surface area contributed by atoms with E-state index in [1.165, 1.54) is 12.1 Å². The van der Waals surface area contributed by atoms with Gasteiger partial charge in [-0.05, 0) is 42.8 Å². The molecule has 0 spiro atoms. The molecule has 0 amide bonds. The third kappa shape index (κ3) is 3.28. The summed E-state index contributed by atoms with van der Waals surface area (Å²) in [6.07, 6.45) is 0. The van der Waals surface area contributed by atoms with Gasteiger partial charge in [0.15, 0.2) is 0 Å². The minimum atomic E-state index is -0.994. The Kier molecular flexibility index (Phi) is 4.12. The van der Waals surface area contributed by atoms with E-state index < -0.39 is 5.97 Å². The van der Waals surface area contributed by atoms with Gasteiger partial charge in [-0.1, -0.05) is 33.6 Å². The van der Waals surface area contributed by atoms with E-state index in [4.69, 9.17) is 21.4 Å². The van der Waals surface area contributed by atoms with Gasteiger partial charge < -0.3 is 9.84 Å². The number of halogens is 2. The number of hydrogen-bond acceptors (Lipinski definition) is 2. The topological polar surface area (TPSA) is 46.5 Å². The monoisotopic (exact) mass is 340 g/mol. The van der Waals surface area contributed by atoms with E-state index in [9.17, 15) is 4.79 Å². The highest BCUT2D eigenvalue weighted by Gasteiger charge is 2.10. The lowest BCUT2D eigenvalue weighted by Crippen LogP contribution is -1.97. The number of carboxylic acid groups (broad SMARTS) is 1. The molecule has 5 heteroatoms. The van der Waals surface area contributed by atoms with Crippen LogP contribution in [0.5, 0.6) is 11.5 Å². The molecule has 0 unspecified atom stereocenters. The van der Waals surface area contributed by atoms with E-state index >= 15 is 0 Å². The van der Waals surface area contributed by atoms with Crippen LogP contribution in [0.2, 0.25) is 5.02 Å². The predicted octanol–water partition coefficient (Wildman–Crippen LogP) is 4.90. The maximum Gasteiger partial charge on any atom is 0.335 e. The molecule has 0 aromatic heterocycles. The van der Waals surface area contributed by atoms with E-state index in [1.54, 1.807) is 24.3 Å². The molecule has 19 heavy (non-hydrogen) atoms. The van der Waals surface area contributed by atoms with Crippen molar-refractivity contribution in [1.82, 2.24) is 0 Å². The van der Waals surface area contributed by atoms with Crippen molar-refractivity contribution >= 4 is 33.5 Å². The van der Waals surface area contributed by atoms with Gasteiger partial charge in [0.05, 0.1) is 10.6 Å². The van der Waals surface area contributed by atoms with E-state index in [2.05, 4.69) is 15.9 Å². The molecule has 0 saturated heterocycles. The van der Waals surface area contributed by atoms with Crippen LogP contribution in [0, 0.1) is 6.92 Å². The molecule has 3 nitrogen and oxygen atoms in total. The van der Waals surface area contributed by atoms with Crippen molar-refractivity contribution in [1.29, 1.82) is 0 Å². The quantitative estimate of drug-likeness (QED) is 0.863. The standard InChI is InChI=1S/C14H10BrClO3/c1-8-2-3-9(14(17)18)6-13(8)19-12-5-4-10(15)7-11(12)16/h2-7H,1H3,(H,17,18). The Morgan fingerprint density at radius 2 is 1.95 bits per heavy atom. The van der Waals surface area contributed by atoms with Crippen LogP contribution in [0.1, 0.15) is 15.9 Å². The number of carbonyl (C=O) groups is 1. The lowest BCUT2D eigenvalue weighted by Gasteiger charge is -2.11. The molecule has 0 heterocycles. The first-order valence-corrected chi connectivity index (χ1v) is 6.61. The van der Waals surface area contributed by atoms with Crippen LogP contribution in [-0.4, -0.2) is 11.1 Å². The van der Waals surface area contributed by atoms with Crippen LogP contribution >= 0.6 is 27.5 Å². The molecular formula is C14H10BrClO3. The van der Waals surface area contributed by atoms with Crippen molar-refractivity contribution in [3.8, 4) is 11.5 Å². The number of benzene rings is 2. The van der Waals surface area contributed by atoms with Crippen molar-refractivity contribution in [2.24, 2.45) is 0 Å². The van der Waals surface area contributed by atoms with Gasteiger partial charge in [-0.25, -0.2) is 4.79 Å². The molecule has 0 fully saturated rings. The molecule has 1 N–H and O–H groups in total. The summed E-state index contributed by atoms with van der Waals surface area (Å²) in [7, 11) is 0. The van der Waals surface area contributed by atoms with E-state index in [0.717, 1.165) is 10.0 Å². The number of hydrogen-bond donors (Lipinski definition) is 1. The summed E-state index contributed by atoms with van der Waals surface area (Å²) >= 11 is 9.37. The largest absolute Gasteiger partial charge is 0.478 e. The highest BCUT2D eigenvalue weighted by atomic mass is 79.9. The van der Waals surface area contributed by atoms with E-state index in [0.29, 0.717) is 16.5 Å². The summed E-state index contributed by atoms with van der Waals surface area (Å²) in [5, 5.41) is 9.42. The summed E-state index contributed by atoms with van der Waals surface area (Å²) in [6.45, 7) is 1.84. The first kappa shape index (κ1) is 13.9. The van der Waals surface area contributed by atoms with Crippen LogP contribution in [0.4, 0.5) is 0 Å². The summed E-state index contributed by atoms with van der Waals surface area (Å²) in [5.74, 6) is -0.0358. The van der Waals surface area contributed by atoms with Gasteiger partial charge in [-0.3, -0.25) is 0 Å². The zero-order valence-electron chi connectivity index (χ0n) is 9.98. The minimum Gasteiger partial charge on any atom is -0.478 e. The second-order valence-corrected chi connectivity index (χ2v) is 5.29. The van der Waals surface area contributed by atoms with Gasteiger partial charge >= 0.3 is 5.97 Å². The fourth-order valence-corrected chi connectivity index (χ4v) is 2.23. The molecule has 0 aliphatic heterocycles. The molecule has 0 atom stereocenters. The van der Waals surface area contributed by atoms with Crippen LogP contribution in [-0.2, 0) is 0 Å². The molecule has 0 aliphatic rings. The number of aromatic carboxylic acids is 1. The fraction of sp³-hybridized carbons (Fsp3) is 0.0714. The summed E-state index contributed by atoms with van der Waals surface area (Å²) in [4.78, 5) is 10.9. The van der Waals surface area contributed by atoms with Crippen molar-refractivity contribution in [2.75, 3.05) is 0 Å². The molecule has 2 aromatic carbocycles. The van der Waals surface area contributed by atoms with Crippen molar-refractivity contribution in [2.45, 2.75) is 6.92 Å². The van der Waals surface area contributed by atoms with E-state index in [1.807, 2.05) is 6.92 Å². The summed E-state index contributed by atoms with van der Waals surface area (Å²) in [5.41, 5.74) is 1.01. The SMILES string of the molecule is Cc1ccc(C(=O)O)cc1Oc1ccc(Br)cc1Cl. The Morgan fingerprint density at radius 1 is 1.21 bits per heavy atom. The van der Waals surface area contributed by atoms with Crippen LogP contribution in [0.3, 0.4) is 0 Å². The van der Waals surface area contributed by atoms with Crippen molar-refractivity contribution in [3.05, 3.63) is 57.0 Å². The maximum absolute atomic E-state index is 10.9. The molecule has 0 aliphatic carbocycles. The molecule has 2 aromatic rings. The third-order valence-corrected chi connectivity index (χ3v) is 3.34. The van der Waals surface area contributed by atoms with Gasteiger partial charge in [0.1, 0.15) is 11.5 Å². The molecule has 2 rings (SSSR count). The van der Waals surface area contributed by atoms with Crippen LogP contribution < -0.4 is 4.74 Å². The van der Waals surface area contributed by atoms with Gasteiger partial charge in [-0.2, -0.15) is 0 Å². The average molecular weight is 342 g/mol. The number of aryl methyl sites for hydroxylation is 1. The predicted molar refractivity (Wildman–Crippen MR) is 77.4 cm³/mol. The Morgan fingerprint density at radius 3 is 2.58 bits per heavy atom. The summed E-state index contributed by atoms with van der Waals surface area (Å²) in [6, 6.07) is 9.96. The van der Waals surface area contributed by atoms with Crippen LogP contribution in [0.15, 0.2) is 40.9 Å². The Bertz CT molecular complexity index is 641. The Hall–Kier alpha value is -1.52. The molecule has 0 bridgehead atoms. The van der Waals surface area contributed by atoms with Crippen molar-refractivity contribution in [3.63, 3.8) is 0 Å². The Balaban J connectivity index is 2.37. The van der Waals surface area contributed by atoms with E-state index in [-0.39, 0.29) is 5.56 Å². The Labute approximate surface area is 123 Å². The first-order valence-electron chi connectivity index (χ1n) is 5.44. The normalized spacial score (nSPS) is 10.3.